The third kappa shape index (κ3) is 6.32. The van der Waals surface area contributed by atoms with Crippen molar-refractivity contribution in [2.75, 3.05) is 0 Å². The van der Waals surface area contributed by atoms with E-state index in [1.54, 1.807) is 97.1 Å². The molecule has 1 saturated heterocycles. The molecule has 37 heavy (non-hydrogen) atoms. The highest BCUT2D eigenvalue weighted by atomic mass is 16.7. The molecule has 1 fully saturated rings. The van der Waals surface area contributed by atoms with Crippen molar-refractivity contribution < 1.29 is 33.3 Å². The molecule has 3 aromatic rings. The Hall–Kier alpha value is -4.23. The van der Waals surface area contributed by atoms with E-state index in [0.29, 0.717) is 23.1 Å². The fourth-order valence-electron chi connectivity index (χ4n) is 4.15. The number of rotatable bonds is 8. The largest absolute Gasteiger partial charge is 0.454 e. The van der Waals surface area contributed by atoms with Crippen molar-refractivity contribution in [2.45, 2.75) is 37.9 Å². The smallest absolute Gasteiger partial charge is 0.340 e. The fourth-order valence-corrected chi connectivity index (χ4v) is 4.15. The van der Waals surface area contributed by atoms with Crippen LogP contribution in [0.25, 0.3) is 0 Å². The molecule has 7 heteroatoms. The average Bonchev–Trinajstić information content (AvgIpc) is 2.94. The Bertz CT molecular complexity index is 1210. The Kier molecular flexibility index (Phi) is 8.48. The molecule has 4 rings (SSSR count). The summed E-state index contributed by atoms with van der Waals surface area (Å²) in [7, 11) is 0. The second-order valence-corrected chi connectivity index (χ2v) is 8.67. The van der Waals surface area contributed by atoms with E-state index in [-0.39, 0.29) is 0 Å². The van der Waals surface area contributed by atoms with Crippen LogP contribution < -0.4 is 0 Å². The van der Waals surface area contributed by atoms with Crippen molar-refractivity contribution in [2.24, 2.45) is 5.92 Å². The van der Waals surface area contributed by atoms with Crippen molar-refractivity contribution in [1.82, 2.24) is 0 Å². The van der Waals surface area contributed by atoms with Crippen LogP contribution in [0.5, 0.6) is 0 Å². The Morgan fingerprint density at radius 3 is 1.54 bits per heavy atom. The van der Waals surface area contributed by atoms with Crippen LogP contribution in [0, 0.1) is 5.92 Å². The molecule has 0 bridgehead atoms. The van der Waals surface area contributed by atoms with Crippen molar-refractivity contribution in [3.05, 3.63) is 120 Å². The zero-order valence-corrected chi connectivity index (χ0v) is 20.4. The van der Waals surface area contributed by atoms with Crippen LogP contribution in [0.4, 0.5) is 0 Å². The molecule has 1 heterocycles. The van der Waals surface area contributed by atoms with Gasteiger partial charge < -0.3 is 18.9 Å². The van der Waals surface area contributed by atoms with Crippen LogP contribution in [-0.4, -0.2) is 42.5 Å². The highest BCUT2D eigenvalue weighted by Gasteiger charge is 2.50. The van der Waals surface area contributed by atoms with Gasteiger partial charge in [-0.05, 0) is 42.8 Å². The lowest BCUT2D eigenvalue weighted by atomic mass is 9.88. The van der Waals surface area contributed by atoms with Gasteiger partial charge in [0.15, 0.2) is 6.10 Å². The minimum atomic E-state index is -1.32. The Labute approximate surface area is 215 Å². The lowest BCUT2D eigenvalue weighted by Crippen LogP contribution is -2.57. The van der Waals surface area contributed by atoms with Gasteiger partial charge in [0.1, 0.15) is 0 Å². The molecular formula is C30H28O7. The van der Waals surface area contributed by atoms with Gasteiger partial charge >= 0.3 is 17.9 Å². The predicted molar refractivity (Wildman–Crippen MR) is 136 cm³/mol. The molecule has 0 saturated carbocycles. The van der Waals surface area contributed by atoms with Crippen LogP contribution in [0.2, 0.25) is 0 Å². The van der Waals surface area contributed by atoms with E-state index in [0.717, 1.165) is 0 Å². The van der Waals surface area contributed by atoms with Crippen LogP contribution in [0.15, 0.2) is 104 Å². The van der Waals surface area contributed by atoms with Gasteiger partial charge in [0.05, 0.1) is 22.8 Å². The molecule has 0 aromatic heterocycles. The molecule has 0 radical (unpaired) electrons. The summed E-state index contributed by atoms with van der Waals surface area (Å²) in [6.07, 6.45) is -1.94. The van der Waals surface area contributed by atoms with Gasteiger partial charge in [-0.2, -0.15) is 0 Å². The maximum Gasteiger partial charge on any atom is 0.340 e. The quantitative estimate of drug-likeness (QED) is 0.238. The number of ether oxygens (including phenoxy) is 4. The number of carbonyl (C=O) groups excluding carboxylic acids is 3. The average molecular weight is 501 g/mol. The second kappa shape index (κ2) is 12.1. The van der Waals surface area contributed by atoms with Crippen LogP contribution in [0.1, 0.15) is 44.4 Å². The van der Waals surface area contributed by atoms with Crippen LogP contribution in [0.3, 0.4) is 0 Å². The van der Waals surface area contributed by atoms with E-state index in [2.05, 4.69) is 6.58 Å². The molecule has 7 nitrogen and oxygen atoms in total. The molecular weight excluding hydrogens is 472 g/mol. The zero-order valence-electron chi connectivity index (χ0n) is 20.4. The molecule has 3 aromatic carbocycles. The van der Waals surface area contributed by atoms with Gasteiger partial charge in [-0.25, -0.2) is 14.4 Å². The number of esters is 3. The lowest BCUT2D eigenvalue weighted by Gasteiger charge is -2.43. The van der Waals surface area contributed by atoms with Gasteiger partial charge in [0.25, 0.3) is 0 Å². The summed E-state index contributed by atoms with van der Waals surface area (Å²) in [5.41, 5.74) is 0.938. The minimum absolute atomic E-state index is 0.296. The second-order valence-electron chi connectivity index (χ2n) is 8.67. The molecule has 0 amide bonds. The fraction of sp³-hybridized carbons (Fsp3) is 0.233. The molecule has 5 atom stereocenters. The molecule has 0 spiro atoms. The van der Waals surface area contributed by atoms with E-state index < -0.39 is 48.4 Å². The first-order chi connectivity index (χ1) is 18.0. The number of benzene rings is 3. The van der Waals surface area contributed by atoms with Gasteiger partial charge in [0.2, 0.25) is 12.4 Å². The Morgan fingerprint density at radius 1 is 0.703 bits per heavy atom. The van der Waals surface area contributed by atoms with Gasteiger partial charge in [0, 0.05) is 5.92 Å². The number of carbonyl (C=O) groups is 3. The third-order valence-electron chi connectivity index (χ3n) is 6.14. The summed E-state index contributed by atoms with van der Waals surface area (Å²) in [6.45, 7) is 5.61. The van der Waals surface area contributed by atoms with Gasteiger partial charge in [-0.1, -0.05) is 67.6 Å². The standard InChI is InChI=1S/C30H28O7/c1-3-13-24-20(2)25(35-27(31)21-14-7-4-8-15-21)26(36-28(32)22-16-9-5-10-17-22)30(34-24)37-29(33)23-18-11-6-12-19-23/h3-12,14-20,24-26,30H,1,13H2,2H3/t20-,24+,25+,26+,30?/m0/s1. The summed E-state index contributed by atoms with van der Waals surface area (Å²) < 4.78 is 23.6. The van der Waals surface area contributed by atoms with E-state index >= 15 is 0 Å². The first-order valence-corrected chi connectivity index (χ1v) is 12.0. The summed E-state index contributed by atoms with van der Waals surface area (Å²) >= 11 is 0. The summed E-state index contributed by atoms with van der Waals surface area (Å²) in [6, 6.07) is 25.3. The molecule has 0 N–H and O–H groups in total. The number of hydrogen-bond donors (Lipinski definition) is 0. The molecule has 190 valence electrons. The van der Waals surface area contributed by atoms with Crippen LogP contribution >= 0.6 is 0 Å². The topological polar surface area (TPSA) is 88.1 Å². The SMILES string of the molecule is C=CC[C@H]1OC(OC(=O)c2ccccc2)[C@H](OC(=O)c2ccccc2)[C@H](OC(=O)c2ccccc2)[C@H]1C. The Balaban J connectivity index is 1.67. The predicted octanol–water partition coefficient (Wildman–Crippen LogP) is 5.23. The van der Waals surface area contributed by atoms with Crippen molar-refractivity contribution in [3.8, 4) is 0 Å². The van der Waals surface area contributed by atoms with E-state index in [1.165, 1.54) is 0 Å². The van der Waals surface area contributed by atoms with Gasteiger partial charge in [-0.3, -0.25) is 0 Å². The third-order valence-corrected chi connectivity index (χ3v) is 6.14. The molecule has 1 aliphatic rings. The van der Waals surface area contributed by atoms with E-state index in [4.69, 9.17) is 18.9 Å². The van der Waals surface area contributed by atoms with Gasteiger partial charge in [-0.15, -0.1) is 6.58 Å². The highest BCUT2D eigenvalue weighted by molar-refractivity contribution is 5.91. The monoisotopic (exact) mass is 500 g/mol. The van der Waals surface area contributed by atoms with Crippen LogP contribution in [-0.2, 0) is 18.9 Å². The zero-order chi connectivity index (χ0) is 26.2. The maximum atomic E-state index is 13.1. The summed E-state index contributed by atoms with van der Waals surface area (Å²) in [5, 5.41) is 0. The Morgan fingerprint density at radius 2 is 1.11 bits per heavy atom. The lowest BCUT2D eigenvalue weighted by molar-refractivity contribution is -0.262. The van der Waals surface area contributed by atoms with Crippen molar-refractivity contribution in [1.29, 1.82) is 0 Å². The highest BCUT2D eigenvalue weighted by Crippen LogP contribution is 2.34. The minimum Gasteiger partial charge on any atom is -0.454 e. The van der Waals surface area contributed by atoms with Crippen molar-refractivity contribution in [3.63, 3.8) is 0 Å². The van der Waals surface area contributed by atoms with E-state index in [1.807, 2.05) is 6.92 Å². The van der Waals surface area contributed by atoms with Crippen molar-refractivity contribution >= 4 is 17.9 Å². The molecule has 1 aliphatic heterocycles. The first kappa shape index (κ1) is 25.9. The summed E-state index contributed by atoms with van der Waals surface area (Å²) in [5.74, 6) is -2.33. The molecule has 0 aliphatic carbocycles. The molecule has 1 unspecified atom stereocenters. The maximum absolute atomic E-state index is 13.1. The number of hydrogen-bond acceptors (Lipinski definition) is 7. The normalized spacial score (nSPS) is 22.9. The van der Waals surface area contributed by atoms with E-state index in [9.17, 15) is 14.4 Å². The summed E-state index contributed by atoms with van der Waals surface area (Å²) in [4.78, 5) is 39.0. The first-order valence-electron chi connectivity index (χ1n) is 12.0.